The lowest BCUT2D eigenvalue weighted by molar-refractivity contribution is -0.119. The topological polar surface area (TPSA) is 72.9 Å². The first-order chi connectivity index (χ1) is 16.1. The minimum atomic E-state index is -4.20. The van der Waals surface area contributed by atoms with E-state index in [0.29, 0.717) is 27.6 Å². The van der Waals surface area contributed by atoms with Gasteiger partial charge in [-0.25, -0.2) is 8.42 Å². The maximum atomic E-state index is 13.5. The van der Waals surface area contributed by atoms with Gasteiger partial charge in [-0.1, -0.05) is 29.3 Å². The molecule has 0 saturated heterocycles. The van der Waals surface area contributed by atoms with Crippen molar-refractivity contribution in [2.45, 2.75) is 32.6 Å². The molecule has 0 N–H and O–H groups in total. The zero-order chi connectivity index (χ0) is 25.0. The summed E-state index contributed by atoms with van der Waals surface area (Å²) in [5.41, 5.74) is 2.62. The van der Waals surface area contributed by atoms with E-state index in [1.807, 2.05) is 27.7 Å². The van der Waals surface area contributed by atoms with Crippen LogP contribution in [-0.2, 0) is 14.8 Å². The first-order valence-electron chi connectivity index (χ1n) is 10.5. The van der Waals surface area contributed by atoms with Crippen LogP contribution in [-0.4, -0.2) is 27.5 Å². The second kappa shape index (κ2) is 10.8. The Balaban J connectivity index is 1.98. The molecule has 0 unspecified atom stereocenters. The van der Waals surface area contributed by atoms with Crippen LogP contribution in [0.3, 0.4) is 0 Å². The highest BCUT2D eigenvalue weighted by atomic mass is 79.9. The Morgan fingerprint density at radius 3 is 2.21 bits per heavy atom. The van der Waals surface area contributed by atoms with E-state index in [1.165, 1.54) is 24.3 Å². The smallest absolute Gasteiger partial charge is 0.278 e. The van der Waals surface area contributed by atoms with Crippen molar-refractivity contribution in [3.63, 3.8) is 0 Å². The van der Waals surface area contributed by atoms with Crippen molar-refractivity contribution in [1.82, 2.24) is 0 Å². The first kappa shape index (κ1) is 26.1. The fraction of sp³-hybridized carbons (Fsp3) is 0.240. The van der Waals surface area contributed by atoms with Crippen LogP contribution in [0.1, 0.15) is 23.6 Å². The highest BCUT2D eigenvalue weighted by molar-refractivity contribution is 9.10. The van der Waals surface area contributed by atoms with E-state index < -0.39 is 22.5 Å². The molecule has 0 aliphatic carbocycles. The zero-order valence-corrected chi connectivity index (χ0v) is 22.4. The number of carbonyl (C=O) groups excluding carboxylic acids is 1. The lowest BCUT2D eigenvalue weighted by Gasteiger charge is -2.23. The highest BCUT2D eigenvalue weighted by Gasteiger charge is 2.31. The fourth-order valence-electron chi connectivity index (χ4n) is 3.28. The highest BCUT2D eigenvalue weighted by Crippen LogP contribution is 2.36. The number of carbonyl (C=O) groups is 1. The number of hydrogen-bond donors (Lipinski definition) is 0. The monoisotopic (exact) mass is 565 g/mol. The molecule has 0 fully saturated rings. The van der Waals surface area contributed by atoms with Gasteiger partial charge in [-0.05, 0) is 97.2 Å². The molecule has 0 atom stereocenters. The maximum absolute atomic E-state index is 13.5. The van der Waals surface area contributed by atoms with Crippen molar-refractivity contribution in [2.75, 3.05) is 17.5 Å². The lowest BCUT2D eigenvalue weighted by Crippen LogP contribution is -2.40. The van der Waals surface area contributed by atoms with Crippen LogP contribution in [0.15, 0.2) is 64.0 Å². The SMILES string of the molecule is CCOc1ccc(N(C(=O)COc2cc(C)c(Cl)c(C)c2Br)S(=O)(=O)c2ccc(C)cc2)cc1. The van der Waals surface area contributed by atoms with Gasteiger partial charge in [-0.2, -0.15) is 4.31 Å². The first-order valence-corrected chi connectivity index (χ1v) is 13.1. The second-order valence-electron chi connectivity index (χ2n) is 7.64. The molecule has 0 heterocycles. The summed E-state index contributed by atoms with van der Waals surface area (Å²) in [7, 11) is -4.20. The third-order valence-corrected chi connectivity index (χ3v) is 8.42. The Hall–Kier alpha value is -2.55. The summed E-state index contributed by atoms with van der Waals surface area (Å²) in [6.07, 6.45) is 0. The summed E-state index contributed by atoms with van der Waals surface area (Å²) < 4.78 is 39.6. The fourth-order valence-corrected chi connectivity index (χ4v) is 5.38. The van der Waals surface area contributed by atoms with Gasteiger partial charge in [0.05, 0.1) is 21.7 Å². The van der Waals surface area contributed by atoms with Gasteiger partial charge in [-0.3, -0.25) is 4.79 Å². The summed E-state index contributed by atoms with van der Waals surface area (Å²) in [4.78, 5) is 13.3. The Morgan fingerprint density at radius 1 is 1.00 bits per heavy atom. The standard InChI is InChI=1S/C25H25BrClNO5S/c1-5-32-20-10-8-19(9-11-20)28(34(30,31)21-12-6-16(2)7-13-21)23(29)15-33-22-14-17(3)25(27)18(4)24(22)26/h6-14H,5,15H2,1-4H3. The summed E-state index contributed by atoms with van der Waals surface area (Å²) in [6.45, 7) is 7.31. The van der Waals surface area contributed by atoms with Crippen LogP contribution in [0, 0.1) is 20.8 Å². The van der Waals surface area contributed by atoms with Gasteiger partial charge in [0.2, 0.25) is 0 Å². The Bertz CT molecular complexity index is 1290. The van der Waals surface area contributed by atoms with E-state index in [2.05, 4.69) is 15.9 Å². The molecule has 3 aromatic rings. The molecule has 6 nitrogen and oxygen atoms in total. The number of halogens is 2. The third-order valence-electron chi connectivity index (χ3n) is 5.09. The molecular weight excluding hydrogens is 542 g/mol. The van der Waals surface area contributed by atoms with Crippen molar-refractivity contribution in [2.24, 2.45) is 0 Å². The molecule has 3 rings (SSSR count). The number of anilines is 1. The van der Waals surface area contributed by atoms with Gasteiger partial charge in [-0.15, -0.1) is 0 Å². The number of rotatable bonds is 8. The largest absolute Gasteiger partial charge is 0.494 e. The number of amides is 1. The predicted octanol–water partition coefficient (Wildman–Crippen LogP) is 6.23. The van der Waals surface area contributed by atoms with Gasteiger partial charge in [0.15, 0.2) is 6.61 Å². The van der Waals surface area contributed by atoms with E-state index in [-0.39, 0.29) is 10.6 Å². The van der Waals surface area contributed by atoms with Gasteiger partial charge in [0.25, 0.3) is 15.9 Å². The van der Waals surface area contributed by atoms with E-state index in [4.69, 9.17) is 21.1 Å². The number of nitrogens with zero attached hydrogens (tertiary/aromatic N) is 1. The minimum absolute atomic E-state index is 0.000280. The van der Waals surface area contributed by atoms with Gasteiger partial charge in [0.1, 0.15) is 11.5 Å². The number of hydrogen-bond acceptors (Lipinski definition) is 5. The molecule has 0 aromatic heterocycles. The van der Waals surface area contributed by atoms with E-state index >= 15 is 0 Å². The van der Waals surface area contributed by atoms with E-state index in [0.717, 1.165) is 21.0 Å². The van der Waals surface area contributed by atoms with Crippen molar-refractivity contribution < 1.29 is 22.7 Å². The minimum Gasteiger partial charge on any atom is -0.494 e. The zero-order valence-electron chi connectivity index (χ0n) is 19.3. The molecular formula is C25H25BrClNO5S. The molecule has 180 valence electrons. The van der Waals surface area contributed by atoms with Crippen molar-refractivity contribution in [3.8, 4) is 11.5 Å². The van der Waals surface area contributed by atoms with E-state index in [9.17, 15) is 13.2 Å². The van der Waals surface area contributed by atoms with Crippen molar-refractivity contribution >= 4 is 49.1 Å². The third kappa shape index (κ3) is 5.56. The van der Waals surface area contributed by atoms with Crippen LogP contribution in [0.4, 0.5) is 5.69 Å². The number of ether oxygens (including phenoxy) is 2. The van der Waals surface area contributed by atoms with Crippen molar-refractivity contribution in [1.29, 1.82) is 0 Å². The molecule has 1 amide bonds. The molecule has 9 heteroatoms. The summed E-state index contributed by atoms with van der Waals surface area (Å²) in [6, 6.07) is 14.3. The molecule has 0 spiro atoms. The van der Waals surface area contributed by atoms with Gasteiger partial charge >= 0.3 is 0 Å². The van der Waals surface area contributed by atoms with Crippen LogP contribution < -0.4 is 13.8 Å². The molecule has 0 aliphatic heterocycles. The normalized spacial score (nSPS) is 11.2. The van der Waals surface area contributed by atoms with Crippen molar-refractivity contribution in [3.05, 3.63) is 80.8 Å². The average molecular weight is 567 g/mol. The quantitative estimate of drug-likeness (QED) is 0.323. The van der Waals surface area contributed by atoms with Gasteiger partial charge < -0.3 is 9.47 Å². The van der Waals surface area contributed by atoms with Gasteiger partial charge in [0, 0.05) is 5.02 Å². The number of benzene rings is 3. The predicted molar refractivity (Wildman–Crippen MR) is 138 cm³/mol. The number of sulfonamides is 1. The van der Waals surface area contributed by atoms with Crippen LogP contribution in [0.2, 0.25) is 5.02 Å². The summed E-state index contributed by atoms with van der Waals surface area (Å²) in [5, 5.41) is 0.587. The second-order valence-corrected chi connectivity index (χ2v) is 10.6. The molecule has 34 heavy (non-hydrogen) atoms. The Kier molecular flexibility index (Phi) is 8.28. The van der Waals surface area contributed by atoms with Crippen LogP contribution in [0.25, 0.3) is 0 Å². The molecule has 0 bridgehead atoms. The molecule has 0 radical (unpaired) electrons. The maximum Gasteiger partial charge on any atom is 0.278 e. The van der Waals surface area contributed by atoms with Crippen LogP contribution in [0.5, 0.6) is 11.5 Å². The molecule has 0 saturated carbocycles. The summed E-state index contributed by atoms with van der Waals surface area (Å²) >= 11 is 9.71. The molecule has 3 aromatic carbocycles. The number of aryl methyl sites for hydroxylation is 2. The van der Waals surface area contributed by atoms with E-state index in [1.54, 1.807) is 30.3 Å². The Morgan fingerprint density at radius 2 is 1.62 bits per heavy atom. The lowest BCUT2D eigenvalue weighted by atomic mass is 10.1. The molecule has 0 aliphatic rings. The van der Waals surface area contributed by atoms with Crippen LogP contribution >= 0.6 is 27.5 Å². The average Bonchev–Trinajstić information content (AvgIpc) is 2.81. The summed E-state index contributed by atoms with van der Waals surface area (Å²) in [5.74, 6) is 0.215. The Labute approximate surface area is 213 Å².